The minimum atomic E-state index is -3.43. The van der Waals surface area contributed by atoms with Crippen LogP contribution >= 0.6 is 0 Å². The van der Waals surface area contributed by atoms with E-state index in [1.165, 1.54) is 0 Å². The predicted molar refractivity (Wildman–Crippen MR) is 67.8 cm³/mol. The highest BCUT2D eigenvalue weighted by Gasteiger charge is 2.24. The SMILES string of the molecule is CC1CC(OCCOCCS(N)(=O)=O)CC(C)O1. The topological polar surface area (TPSA) is 87.9 Å². The van der Waals surface area contributed by atoms with Crippen LogP contribution in [-0.2, 0) is 24.2 Å². The monoisotopic (exact) mass is 281 g/mol. The van der Waals surface area contributed by atoms with Crippen molar-refractivity contribution in [2.45, 2.75) is 45.0 Å². The van der Waals surface area contributed by atoms with Crippen molar-refractivity contribution < 1.29 is 22.6 Å². The van der Waals surface area contributed by atoms with E-state index in [1.54, 1.807) is 0 Å². The van der Waals surface area contributed by atoms with Gasteiger partial charge in [-0.3, -0.25) is 0 Å². The van der Waals surface area contributed by atoms with Crippen LogP contribution in [0, 0.1) is 0 Å². The van der Waals surface area contributed by atoms with Gasteiger partial charge in [-0.2, -0.15) is 0 Å². The average molecular weight is 281 g/mol. The molecule has 1 rings (SSSR count). The summed E-state index contributed by atoms with van der Waals surface area (Å²) in [7, 11) is -3.43. The summed E-state index contributed by atoms with van der Waals surface area (Å²) in [6.45, 7) is 5.04. The largest absolute Gasteiger partial charge is 0.378 e. The second kappa shape index (κ2) is 7.40. The maximum Gasteiger partial charge on any atom is 0.211 e. The fourth-order valence-electron chi connectivity index (χ4n) is 2.03. The normalized spacial score (nSPS) is 29.4. The van der Waals surface area contributed by atoms with Gasteiger partial charge in [0.05, 0.1) is 43.9 Å². The van der Waals surface area contributed by atoms with Gasteiger partial charge >= 0.3 is 0 Å². The van der Waals surface area contributed by atoms with E-state index in [1.807, 2.05) is 13.8 Å². The van der Waals surface area contributed by atoms with Gasteiger partial charge < -0.3 is 14.2 Å². The first-order chi connectivity index (χ1) is 8.37. The molecule has 1 heterocycles. The lowest BCUT2D eigenvalue weighted by molar-refractivity contribution is -0.108. The van der Waals surface area contributed by atoms with E-state index < -0.39 is 10.0 Å². The van der Waals surface area contributed by atoms with Gasteiger partial charge in [-0.15, -0.1) is 0 Å². The summed E-state index contributed by atoms with van der Waals surface area (Å²) in [5, 5.41) is 4.84. The molecule has 18 heavy (non-hydrogen) atoms. The maximum absolute atomic E-state index is 10.6. The van der Waals surface area contributed by atoms with E-state index in [0.717, 1.165) is 12.8 Å². The first kappa shape index (κ1) is 15.8. The van der Waals surface area contributed by atoms with Crippen LogP contribution in [0.3, 0.4) is 0 Å². The van der Waals surface area contributed by atoms with E-state index in [2.05, 4.69) is 0 Å². The molecule has 1 aliphatic rings. The Morgan fingerprint density at radius 1 is 1.17 bits per heavy atom. The summed E-state index contributed by atoms with van der Waals surface area (Å²) in [5.74, 6) is -0.154. The molecule has 0 aromatic carbocycles. The summed E-state index contributed by atoms with van der Waals surface area (Å²) < 4.78 is 37.7. The second-order valence-electron chi connectivity index (χ2n) is 4.70. The third-order valence-corrected chi connectivity index (χ3v) is 3.48. The van der Waals surface area contributed by atoms with Crippen LogP contribution in [0.1, 0.15) is 26.7 Å². The molecule has 0 bridgehead atoms. The van der Waals surface area contributed by atoms with Gasteiger partial charge in [-0.05, 0) is 26.7 Å². The first-order valence-corrected chi connectivity index (χ1v) is 7.93. The summed E-state index contributed by atoms with van der Waals surface area (Å²) in [6.07, 6.45) is 2.43. The number of nitrogens with two attached hydrogens (primary N) is 1. The number of hydrogen-bond donors (Lipinski definition) is 1. The fourth-order valence-corrected chi connectivity index (χ4v) is 2.38. The molecule has 2 atom stereocenters. The lowest BCUT2D eigenvalue weighted by Crippen LogP contribution is -2.34. The Balaban J connectivity index is 2.04. The Bertz CT molecular complexity index is 322. The molecule has 6 nitrogen and oxygen atoms in total. The number of primary sulfonamides is 1. The van der Waals surface area contributed by atoms with Gasteiger partial charge in [0.2, 0.25) is 10.0 Å². The first-order valence-electron chi connectivity index (χ1n) is 6.22. The number of hydrogen-bond acceptors (Lipinski definition) is 5. The Labute approximate surface area is 109 Å². The zero-order valence-corrected chi connectivity index (χ0v) is 11.8. The van der Waals surface area contributed by atoms with Crippen LogP contribution < -0.4 is 5.14 Å². The molecule has 0 aromatic heterocycles. The zero-order valence-electron chi connectivity index (χ0n) is 11.0. The summed E-state index contributed by atoms with van der Waals surface area (Å²) in [6, 6.07) is 0. The van der Waals surface area contributed by atoms with Crippen molar-refractivity contribution in [3.05, 3.63) is 0 Å². The van der Waals surface area contributed by atoms with Crippen LogP contribution in [0.4, 0.5) is 0 Å². The molecule has 2 unspecified atom stereocenters. The standard InChI is InChI=1S/C11H23NO5S/c1-9-7-11(8-10(2)17-9)16-4-3-15-5-6-18(12,13)14/h9-11H,3-8H2,1-2H3,(H2,12,13,14). The van der Waals surface area contributed by atoms with Crippen molar-refractivity contribution in [3.63, 3.8) is 0 Å². The maximum atomic E-state index is 10.6. The molecule has 0 radical (unpaired) electrons. The Kier molecular flexibility index (Phi) is 6.51. The summed E-state index contributed by atoms with van der Waals surface area (Å²) in [5.41, 5.74) is 0. The van der Waals surface area contributed by atoms with Crippen molar-refractivity contribution in [2.24, 2.45) is 5.14 Å². The molecule has 0 aromatic rings. The highest BCUT2D eigenvalue weighted by atomic mass is 32.2. The van der Waals surface area contributed by atoms with Crippen LogP contribution in [0.2, 0.25) is 0 Å². The smallest absolute Gasteiger partial charge is 0.211 e. The average Bonchev–Trinajstić information content (AvgIpc) is 2.20. The molecule has 1 saturated heterocycles. The second-order valence-corrected chi connectivity index (χ2v) is 6.43. The summed E-state index contributed by atoms with van der Waals surface area (Å²) >= 11 is 0. The highest BCUT2D eigenvalue weighted by molar-refractivity contribution is 7.89. The Hall–Kier alpha value is -0.210. The Morgan fingerprint density at radius 3 is 2.33 bits per heavy atom. The third-order valence-electron chi connectivity index (χ3n) is 2.75. The van der Waals surface area contributed by atoms with Crippen LogP contribution in [0.15, 0.2) is 0 Å². The van der Waals surface area contributed by atoms with E-state index in [9.17, 15) is 8.42 Å². The molecule has 0 spiro atoms. The molecule has 0 amide bonds. The van der Waals surface area contributed by atoms with Crippen molar-refractivity contribution in [1.29, 1.82) is 0 Å². The van der Waals surface area contributed by atoms with E-state index >= 15 is 0 Å². The van der Waals surface area contributed by atoms with Gasteiger partial charge in [0.25, 0.3) is 0 Å². The highest BCUT2D eigenvalue weighted by Crippen LogP contribution is 2.21. The molecule has 1 fully saturated rings. The minimum absolute atomic E-state index is 0.114. The van der Waals surface area contributed by atoms with Crippen LogP contribution in [-0.4, -0.2) is 52.3 Å². The van der Waals surface area contributed by atoms with Gasteiger partial charge in [-0.25, -0.2) is 13.6 Å². The number of ether oxygens (including phenoxy) is 3. The van der Waals surface area contributed by atoms with Gasteiger partial charge in [0.1, 0.15) is 0 Å². The summed E-state index contributed by atoms with van der Waals surface area (Å²) in [4.78, 5) is 0. The lowest BCUT2D eigenvalue weighted by atomic mass is 10.0. The van der Waals surface area contributed by atoms with Gasteiger partial charge in [0.15, 0.2) is 0 Å². The predicted octanol–water partition coefficient (Wildman–Crippen LogP) is 0.264. The molecule has 7 heteroatoms. The van der Waals surface area contributed by atoms with E-state index in [0.29, 0.717) is 13.2 Å². The van der Waals surface area contributed by atoms with Crippen LogP contribution in [0.5, 0.6) is 0 Å². The number of rotatable bonds is 7. The lowest BCUT2D eigenvalue weighted by Gasteiger charge is -2.31. The molecule has 0 aliphatic carbocycles. The molecular formula is C11H23NO5S. The third kappa shape index (κ3) is 7.27. The molecule has 2 N–H and O–H groups in total. The minimum Gasteiger partial charge on any atom is -0.378 e. The van der Waals surface area contributed by atoms with E-state index in [4.69, 9.17) is 19.3 Å². The van der Waals surface area contributed by atoms with Gasteiger partial charge in [0, 0.05) is 0 Å². The van der Waals surface area contributed by atoms with Crippen molar-refractivity contribution in [1.82, 2.24) is 0 Å². The van der Waals surface area contributed by atoms with Crippen molar-refractivity contribution in [3.8, 4) is 0 Å². The van der Waals surface area contributed by atoms with Crippen LogP contribution in [0.25, 0.3) is 0 Å². The zero-order chi connectivity index (χ0) is 13.6. The molecule has 108 valence electrons. The fraction of sp³-hybridized carbons (Fsp3) is 1.00. The van der Waals surface area contributed by atoms with Crippen molar-refractivity contribution in [2.75, 3.05) is 25.6 Å². The molecule has 0 saturated carbocycles. The van der Waals surface area contributed by atoms with E-state index in [-0.39, 0.29) is 30.7 Å². The quantitative estimate of drug-likeness (QED) is 0.676. The van der Waals surface area contributed by atoms with Gasteiger partial charge in [-0.1, -0.05) is 0 Å². The Morgan fingerprint density at radius 2 is 1.78 bits per heavy atom. The molecule has 1 aliphatic heterocycles. The molecular weight excluding hydrogens is 258 g/mol. The van der Waals surface area contributed by atoms with Crippen molar-refractivity contribution >= 4 is 10.0 Å². The number of sulfonamides is 1.